The largest absolute Gasteiger partial charge is 0.493 e. The number of nitro benzene ring substituents is 1. The van der Waals surface area contributed by atoms with Crippen LogP contribution in [0.2, 0.25) is 5.02 Å². The first kappa shape index (κ1) is 27.6. The predicted octanol–water partition coefficient (Wildman–Crippen LogP) is 5.65. The van der Waals surface area contributed by atoms with E-state index in [-0.39, 0.29) is 39.4 Å². The second kappa shape index (κ2) is 12.0. The van der Waals surface area contributed by atoms with Crippen LogP contribution in [0, 0.1) is 15.9 Å². The number of halogens is 2. The fourth-order valence-corrected chi connectivity index (χ4v) is 4.69. The molecule has 4 rings (SSSR count). The van der Waals surface area contributed by atoms with Gasteiger partial charge in [0.25, 0.3) is 16.8 Å². The topological polar surface area (TPSA) is 128 Å². The van der Waals surface area contributed by atoms with Crippen molar-refractivity contribution < 1.29 is 33.2 Å². The first-order valence-corrected chi connectivity index (χ1v) is 12.4. The first-order valence-electron chi connectivity index (χ1n) is 11.2. The molecule has 0 aliphatic carbocycles. The van der Waals surface area contributed by atoms with Crippen LogP contribution in [0.25, 0.3) is 6.08 Å². The van der Waals surface area contributed by atoms with Gasteiger partial charge in [-0.1, -0.05) is 29.8 Å². The normalized spacial score (nSPS) is 14.0. The van der Waals surface area contributed by atoms with Crippen molar-refractivity contribution in [2.75, 3.05) is 19.0 Å². The Hall–Kier alpha value is -4.42. The number of rotatable bonds is 9. The molecule has 1 fully saturated rings. The molecule has 0 unspecified atom stereocenters. The van der Waals surface area contributed by atoms with Crippen LogP contribution in [0.5, 0.6) is 11.5 Å². The first-order chi connectivity index (χ1) is 18.6. The van der Waals surface area contributed by atoms with Crippen molar-refractivity contribution in [3.8, 4) is 11.5 Å². The summed E-state index contributed by atoms with van der Waals surface area (Å²) in [6.45, 7) is -0.569. The summed E-state index contributed by atoms with van der Waals surface area (Å²) in [5.41, 5.74) is 1.08. The highest BCUT2D eigenvalue weighted by atomic mass is 35.5. The summed E-state index contributed by atoms with van der Waals surface area (Å²) in [6.07, 6.45) is 1.42. The van der Waals surface area contributed by atoms with Crippen LogP contribution in [0.1, 0.15) is 11.1 Å². The molecule has 3 aromatic rings. The maximum atomic E-state index is 13.3. The van der Waals surface area contributed by atoms with Gasteiger partial charge in [-0.15, -0.1) is 0 Å². The van der Waals surface area contributed by atoms with Crippen LogP contribution < -0.4 is 14.8 Å². The van der Waals surface area contributed by atoms with E-state index in [0.717, 1.165) is 11.0 Å². The van der Waals surface area contributed by atoms with Gasteiger partial charge in [-0.05, 0) is 59.3 Å². The van der Waals surface area contributed by atoms with Crippen LogP contribution in [-0.4, -0.2) is 40.5 Å². The van der Waals surface area contributed by atoms with E-state index >= 15 is 0 Å². The molecule has 1 saturated heterocycles. The number of nitro groups is 1. The van der Waals surface area contributed by atoms with Crippen LogP contribution in [-0.2, 0) is 16.2 Å². The van der Waals surface area contributed by atoms with Crippen molar-refractivity contribution in [3.63, 3.8) is 0 Å². The molecule has 1 N–H and O–H groups in total. The minimum atomic E-state index is -0.680. The SMILES string of the molecule is COc1cc(/C=C2/SC(=O)N(CC(=O)Nc3cccc(F)c3)C2=O)cc(Cl)c1OCc1cccc([N+](=O)[O-])c1. The van der Waals surface area contributed by atoms with Gasteiger partial charge >= 0.3 is 0 Å². The summed E-state index contributed by atoms with van der Waals surface area (Å²) in [7, 11) is 1.39. The summed E-state index contributed by atoms with van der Waals surface area (Å²) >= 11 is 7.06. The van der Waals surface area contributed by atoms with Crippen molar-refractivity contribution in [3.05, 3.63) is 97.6 Å². The Bertz CT molecular complexity index is 1510. The van der Waals surface area contributed by atoms with E-state index in [1.807, 2.05) is 0 Å². The van der Waals surface area contributed by atoms with Gasteiger partial charge in [0, 0.05) is 17.8 Å². The number of nitrogens with one attached hydrogen (secondary N) is 1. The average Bonchev–Trinajstić information content (AvgIpc) is 3.15. The highest BCUT2D eigenvalue weighted by molar-refractivity contribution is 8.18. The van der Waals surface area contributed by atoms with Crippen molar-refractivity contribution >= 4 is 57.9 Å². The number of carbonyl (C=O) groups is 3. The van der Waals surface area contributed by atoms with Crippen LogP contribution in [0.15, 0.2) is 65.6 Å². The maximum Gasteiger partial charge on any atom is 0.294 e. The Morgan fingerprint density at radius 1 is 1.18 bits per heavy atom. The zero-order valence-corrected chi connectivity index (χ0v) is 21.8. The molecule has 0 atom stereocenters. The van der Waals surface area contributed by atoms with Crippen LogP contribution in [0.4, 0.5) is 20.6 Å². The van der Waals surface area contributed by atoms with E-state index in [2.05, 4.69) is 5.32 Å². The van der Waals surface area contributed by atoms with Gasteiger partial charge in [0.2, 0.25) is 5.91 Å². The number of methoxy groups -OCH3 is 1. The number of anilines is 1. The maximum absolute atomic E-state index is 13.3. The zero-order chi connectivity index (χ0) is 28.1. The summed E-state index contributed by atoms with van der Waals surface area (Å²) < 4.78 is 24.5. The summed E-state index contributed by atoms with van der Waals surface area (Å²) in [4.78, 5) is 48.9. The summed E-state index contributed by atoms with van der Waals surface area (Å²) in [6, 6.07) is 14.2. The highest BCUT2D eigenvalue weighted by Gasteiger charge is 2.36. The van der Waals surface area contributed by atoms with Gasteiger partial charge in [0.1, 0.15) is 19.0 Å². The Morgan fingerprint density at radius 3 is 2.67 bits per heavy atom. The second-order valence-electron chi connectivity index (χ2n) is 8.08. The number of hydrogen-bond donors (Lipinski definition) is 1. The number of non-ortho nitro benzene ring substituents is 1. The Morgan fingerprint density at radius 2 is 1.95 bits per heavy atom. The van der Waals surface area contributed by atoms with E-state index in [1.54, 1.807) is 12.1 Å². The standard InChI is InChI=1S/C26H19ClFN3O7S/c1-37-21-10-16(9-20(27)24(21)38-14-15-4-2-7-19(8-15)31(35)36)11-22-25(33)30(26(34)39-22)13-23(32)29-18-6-3-5-17(28)12-18/h2-12H,13-14H2,1H3,(H,29,32)/b22-11+. The molecule has 0 bridgehead atoms. The van der Waals surface area contributed by atoms with Crippen molar-refractivity contribution in [1.82, 2.24) is 4.90 Å². The number of hydrogen-bond acceptors (Lipinski definition) is 8. The Kier molecular flexibility index (Phi) is 8.47. The Labute approximate surface area is 230 Å². The molecule has 0 aromatic heterocycles. The van der Waals surface area contributed by atoms with Gasteiger partial charge in [-0.3, -0.25) is 29.4 Å². The minimum absolute atomic E-state index is 0.0202. The number of ether oxygens (including phenoxy) is 2. The number of carbonyl (C=O) groups excluding carboxylic acids is 3. The van der Waals surface area contributed by atoms with Crippen molar-refractivity contribution in [2.45, 2.75) is 6.61 Å². The monoisotopic (exact) mass is 571 g/mol. The molecule has 13 heteroatoms. The lowest BCUT2D eigenvalue weighted by Gasteiger charge is -2.14. The van der Waals surface area contributed by atoms with Gasteiger partial charge in [0.15, 0.2) is 11.5 Å². The fraction of sp³-hybridized carbons (Fsp3) is 0.115. The minimum Gasteiger partial charge on any atom is -0.493 e. The summed E-state index contributed by atoms with van der Waals surface area (Å²) in [5, 5.41) is 12.9. The van der Waals surface area contributed by atoms with E-state index in [9.17, 15) is 28.9 Å². The molecule has 3 aromatic carbocycles. The van der Waals surface area contributed by atoms with Gasteiger partial charge < -0.3 is 14.8 Å². The Balaban J connectivity index is 1.47. The molecule has 0 saturated carbocycles. The second-order valence-corrected chi connectivity index (χ2v) is 9.48. The number of thioether (sulfide) groups is 1. The van der Waals surface area contributed by atoms with Gasteiger partial charge in [-0.25, -0.2) is 4.39 Å². The lowest BCUT2D eigenvalue weighted by Crippen LogP contribution is -2.36. The molecule has 3 amide bonds. The molecular weight excluding hydrogens is 553 g/mol. The average molecular weight is 572 g/mol. The van der Waals surface area contributed by atoms with Crippen LogP contribution >= 0.6 is 23.4 Å². The molecule has 1 aliphatic rings. The van der Waals surface area contributed by atoms with Gasteiger partial charge in [0.05, 0.1) is 22.0 Å². The third-order valence-corrected chi connectivity index (χ3v) is 6.53. The lowest BCUT2D eigenvalue weighted by atomic mass is 10.1. The number of imide groups is 1. The lowest BCUT2D eigenvalue weighted by molar-refractivity contribution is -0.384. The van der Waals surface area contributed by atoms with Crippen LogP contribution in [0.3, 0.4) is 0 Å². The molecule has 10 nitrogen and oxygen atoms in total. The van der Waals surface area contributed by atoms with E-state index in [4.69, 9.17) is 21.1 Å². The predicted molar refractivity (Wildman–Crippen MR) is 143 cm³/mol. The highest BCUT2D eigenvalue weighted by Crippen LogP contribution is 2.39. The van der Waals surface area contributed by atoms with Crippen molar-refractivity contribution in [2.24, 2.45) is 0 Å². The van der Waals surface area contributed by atoms with Gasteiger partial charge in [-0.2, -0.15) is 0 Å². The van der Waals surface area contributed by atoms with E-state index in [1.165, 1.54) is 55.7 Å². The molecule has 200 valence electrons. The zero-order valence-electron chi connectivity index (χ0n) is 20.2. The molecule has 39 heavy (non-hydrogen) atoms. The van der Waals surface area contributed by atoms with E-state index < -0.39 is 34.3 Å². The molecule has 1 heterocycles. The molecule has 1 aliphatic heterocycles. The third-order valence-electron chi connectivity index (χ3n) is 5.34. The number of benzene rings is 3. The summed E-state index contributed by atoms with van der Waals surface area (Å²) in [5.74, 6) is -1.48. The fourth-order valence-electron chi connectivity index (χ4n) is 3.58. The van der Waals surface area contributed by atoms with E-state index in [0.29, 0.717) is 22.9 Å². The number of nitrogens with zero attached hydrogens (tertiary/aromatic N) is 2. The van der Waals surface area contributed by atoms with Crippen molar-refractivity contribution in [1.29, 1.82) is 0 Å². The quantitative estimate of drug-likeness (QED) is 0.198. The smallest absolute Gasteiger partial charge is 0.294 e. The third kappa shape index (κ3) is 6.72. The number of amides is 3. The molecular formula is C26H19ClFN3O7S. The molecule has 0 radical (unpaired) electrons. The molecule has 0 spiro atoms.